The normalized spacial score (nSPS) is 9.95. The lowest BCUT2D eigenvalue weighted by molar-refractivity contribution is -0.201. The van der Waals surface area contributed by atoms with E-state index in [-0.39, 0.29) is 13.1 Å². The Morgan fingerprint density at radius 1 is 1.24 bits per heavy atom. The maximum absolute atomic E-state index is 12.0. The van der Waals surface area contributed by atoms with Gasteiger partial charge in [0.2, 0.25) is 0 Å². The van der Waals surface area contributed by atoms with Gasteiger partial charge >= 0.3 is 11.9 Å². The zero-order valence-corrected chi connectivity index (χ0v) is 11.7. The molecule has 114 valence electrons. The Balaban J connectivity index is 2.71. The maximum Gasteiger partial charge on any atom is 0.343 e. The highest BCUT2D eigenvalue weighted by Crippen LogP contribution is 2.06. The van der Waals surface area contributed by atoms with Crippen molar-refractivity contribution in [1.82, 2.24) is 10.4 Å². The average molecular weight is 294 g/mol. The molecule has 0 fully saturated rings. The van der Waals surface area contributed by atoms with Gasteiger partial charge in [-0.15, -0.1) is 0 Å². The Morgan fingerprint density at radius 3 is 2.48 bits per heavy atom. The van der Waals surface area contributed by atoms with Crippen molar-refractivity contribution in [2.75, 3.05) is 13.1 Å². The third kappa shape index (κ3) is 6.53. The molecule has 7 heteroatoms. The number of likely N-dealkylation sites (N-methyl/N-ethyl adjacent to an activating group) is 1. The molecule has 0 saturated heterocycles. The lowest BCUT2D eigenvalue weighted by Crippen LogP contribution is -2.39. The minimum Gasteiger partial charge on any atom is -0.481 e. The van der Waals surface area contributed by atoms with Gasteiger partial charge in [0.05, 0.1) is 13.1 Å². The van der Waals surface area contributed by atoms with Crippen LogP contribution in [0.25, 0.3) is 0 Å². The number of hydroxylamine groups is 2. The van der Waals surface area contributed by atoms with E-state index in [0.29, 0.717) is 6.54 Å². The van der Waals surface area contributed by atoms with Crippen LogP contribution in [0.4, 0.5) is 0 Å². The molecule has 0 heterocycles. The number of carboxylic acids is 1. The first-order valence-electron chi connectivity index (χ1n) is 6.50. The molecule has 0 bridgehead atoms. The molecule has 1 amide bonds. The first kappa shape index (κ1) is 16.6. The molecule has 21 heavy (non-hydrogen) atoms. The van der Waals surface area contributed by atoms with Crippen molar-refractivity contribution < 1.29 is 24.3 Å². The zero-order chi connectivity index (χ0) is 15.7. The molecule has 0 aliphatic rings. The van der Waals surface area contributed by atoms with Crippen LogP contribution in [0.15, 0.2) is 30.3 Å². The van der Waals surface area contributed by atoms with Crippen LogP contribution in [0.2, 0.25) is 0 Å². The minimum atomic E-state index is -1.31. The van der Waals surface area contributed by atoms with E-state index in [4.69, 9.17) is 9.94 Å². The third-order valence-electron chi connectivity index (χ3n) is 2.48. The van der Waals surface area contributed by atoms with Crippen LogP contribution in [0.5, 0.6) is 0 Å². The van der Waals surface area contributed by atoms with Gasteiger partial charge in [-0.25, -0.2) is 4.79 Å². The average Bonchev–Trinajstić information content (AvgIpc) is 2.44. The van der Waals surface area contributed by atoms with Gasteiger partial charge in [0.25, 0.3) is 5.91 Å². The first-order chi connectivity index (χ1) is 10.0. The van der Waals surface area contributed by atoms with E-state index in [1.54, 1.807) is 24.3 Å². The molecule has 0 aliphatic heterocycles. The quantitative estimate of drug-likeness (QED) is 0.563. The Labute approximate surface area is 122 Å². The first-order valence-corrected chi connectivity index (χ1v) is 6.50. The number of hydrogen-bond donors (Lipinski definition) is 2. The number of carbonyl (C=O) groups is 3. The van der Waals surface area contributed by atoms with E-state index in [1.807, 2.05) is 13.0 Å². The van der Waals surface area contributed by atoms with Gasteiger partial charge in [0, 0.05) is 0 Å². The molecule has 2 N–H and O–H groups in total. The number of benzene rings is 1. The molecular weight excluding hydrogens is 276 g/mol. The van der Waals surface area contributed by atoms with Crippen LogP contribution in [-0.4, -0.2) is 41.1 Å². The smallest absolute Gasteiger partial charge is 0.343 e. The van der Waals surface area contributed by atoms with Gasteiger partial charge < -0.3 is 15.3 Å². The molecule has 0 radical (unpaired) electrons. The molecular formula is C14H18N2O5. The highest BCUT2D eigenvalue weighted by molar-refractivity contribution is 5.90. The van der Waals surface area contributed by atoms with E-state index in [0.717, 1.165) is 10.6 Å². The summed E-state index contributed by atoms with van der Waals surface area (Å²) in [4.78, 5) is 38.7. The molecule has 7 nitrogen and oxygen atoms in total. The molecule has 0 aromatic heterocycles. The summed E-state index contributed by atoms with van der Waals surface area (Å²) in [6.45, 7) is 2.50. The monoisotopic (exact) mass is 294 g/mol. The van der Waals surface area contributed by atoms with Crippen LogP contribution < -0.4 is 5.32 Å². The molecule has 0 aliphatic carbocycles. The van der Waals surface area contributed by atoms with E-state index in [1.165, 1.54) is 0 Å². The van der Waals surface area contributed by atoms with Crippen molar-refractivity contribution >= 4 is 17.8 Å². The van der Waals surface area contributed by atoms with Crippen molar-refractivity contribution in [2.24, 2.45) is 0 Å². The summed E-state index contributed by atoms with van der Waals surface area (Å²) in [6, 6.07) is 8.96. The number of nitrogens with zero attached hydrogens (tertiary/aromatic N) is 1. The summed E-state index contributed by atoms with van der Waals surface area (Å²) in [6.07, 6.45) is -0.792. The lowest BCUT2D eigenvalue weighted by Gasteiger charge is -2.21. The summed E-state index contributed by atoms with van der Waals surface area (Å²) in [5.41, 5.74) is 0.769. The van der Waals surface area contributed by atoms with Gasteiger partial charge in [-0.2, -0.15) is 5.06 Å². The van der Waals surface area contributed by atoms with E-state index in [9.17, 15) is 14.4 Å². The number of rotatable bonds is 7. The van der Waals surface area contributed by atoms with Gasteiger partial charge in [-0.3, -0.25) is 9.59 Å². The maximum atomic E-state index is 12.0. The number of nitrogens with one attached hydrogen (secondary N) is 1. The van der Waals surface area contributed by atoms with Gasteiger partial charge in [-0.05, 0) is 12.1 Å². The molecule has 1 rings (SSSR count). The number of hydrogen-bond acceptors (Lipinski definition) is 5. The second-order valence-electron chi connectivity index (χ2n) is 4.23. The summed E-state index contributed by atoms with van der Waals surface area (Å²) < 4.78 is 0. The number of carboxylic acid groups (broad SMARTS) is 1. The van der Waals surface area contributed by atoms with Crippen molar-refractivity contribution in [3.8, 4) is 0 Å². The molecule has 0 spiro atoms. The third-order valence-corrected chi connectivity index (χ3v) is 2.48. The summed E-state index contributed by atoms with van der Waals surface area (Å²) >= 11 is 0. The molecule has 1 aromatic carbocycles. The van der Waals surface area contributed by atoms with Crippen LogP contribution in [0.1, 0.15) is 18.9 Å². The van der Waals surface area contributed by atoms with Crippen molar-refractivity contribution in [3.05, 3.63) is 35.9 Å². The fourth-order valence-electron chi connectivity index (χ4n) is 1.52. The Kier molecular flexibility index (Phi) is 6.90. The molecule has 0 unspecified atom stereocenters. The van der Waals surface area contributed by atoms with Gasteiger partial charge in [0.15, 0.2) is 0 Å². The lowest BCUT2D eigenvalue weighted by atomic mass is 10.2. The van der Waals surface area contributed by atoms with E-state index in [2.05, 4.69) is 5.32 Å². The largest absolute Gasteiger partial charge is 0.481 e. The molecule has 1 aromatic rings. The van der Waals surface area contributed by atoms with Crippen molar-refractivity contribution in [2.45, 2.75) is 19.9 Å². The van der Waals surface area contributed by atoms with E-state index < -0.39 is 24.3 Å². The summed E-state index contributed by atoms with van der Waals surface area (Å²) in [5, 5.41) is 12.3. The fourth-order valence-corrected chi connectivity index (χ4v) is 1.52. The molecule has 0 saturated carbocycles. The van der Waals surface area contributed by atoms with Crippen molar-refractivity contribution in [1.29, 1.82) is 0 Å². The highest BCUT2D eigenvalue weighted by Gasteiger charge is 2.20. The van der Waals surface area contributed by atoms with Crippen LogP contribution in [-0.2, 0) is 25.8 Å². The topological polar surface area (TPSA) is 95.9 Å². The second kappa shape index (κ2) is 8.70. The zero-order valence-electron chi connectivity index (χ0n) is 11.7. The Hall–Kier alpha value is -2.41. The van der Waals surface area contributed by atoms with Crippen molar-refractivity contribution in [3.63, 3.8) is 0 Å². The second-order valence-corrected chi connectivity index (χ2v) is 4.23. The van der Waals surface area contributed by atoms with Crippen LogP contribution in [0, 0.1) is 0 Å². The summed E-state index contributed by atoms with van der Waals surface area (Å²) in [5.74, 6) is -2.73. The molecule has 0 atom stereocenters. The van der Waals surface area contributed by atoms with Gasteiger partial charge in [-0.1, -0.05) is 37.3 Å². The SMILES string of the molecule is CCNCC(=O)N(Cc1ccccc1)OC(=O)CC(=O)O. The standard InChI is InChI=1S/C14H18N2O5/c1-2-15-9-12(17)16(21-14(20)8-13(18)19)10-11-6-4-3-5-7-11/h3-7,15H,2,8-10H2,1H3,(H,18,19). The van der Waals surface area contributed by atoms with Crippen LogP contribution >= 0.6 is 0 Å². The Bertz CT molecular complexity index is 489. The van der Waals surface area contributed by atoms with Crippen LogP contribution in [0.3, 0.4) is 0 Å². The van der Waals surface area contributed by atoms with Gasteiger partial charge in [0.1, 0.15) is 6.42 Å². The number of carbonyl (C=O) groups excluding carboxylic acids is 2. The predicted octanol–water partition coefficient (Wildman–Crippen LogP) is 0.558. The number of amides is 1. The minimum absolute atomic E-state index is 0.00366. The highest BCUT2D eigenvalue weighted by atomic mass is 16.7. The summed E-state index contributed by atoms with van der Waals surface area (Å²) in [7, 11) is 0. The fraction of sp³-hybridized carbons (Fsp3) is 0.357. The number of aliphatic carboxylic acids is 1. The predicted molar refractivity (Wildman–Crippen MR) is 73.9 cm³/mol. The van der Waals surface area contributed by atoms with E-state index >= 15 is 0 Å². The Morgan fingerprint density at radius 2 is 1.90 bits per heavy atom.